The van der Waals surface area contributed by atoms with Crippen molar-refractivity contribution in [1.82, 2.24) is 14.5 Å². The zero-order valence-corrected chi connectivity index (χ0v) is 21.8. The van der Waals surface area contributed by atoms with Gasteiger partial charge in [0.25, 0.3) is 5.91 Å². The number of imidazole rings is 1. The number of hydrogen-bond donors (Lipinski definition) is 2. The fraction of sp³-hybridized carbons (Fsp3) is 0.429. The van der Waals surface area contributed by atoms with Gasteiger partial charge in [-0.3, -0.25) is 4.79 Å². The van der Waals surface area contributed by atoms with Crippen molar-refractivity contribution < 1.29 is 23.1 Å². The van der Waals surface area contributed by atoms with Gasteiger partial charge in [0.05, 0.1) is 17.8 Å². The van der Waals surface area contributed by atoms with Gasteiger partial charge in [-0.05, 0) is 43.0 Å². The molecule has 0 radical (unpaired) electrons. The van der Waals surface area contributed by atoms with E-state index in [0.29, 0.717) is 12.4 Å². The van der Waals surface area contributed by atoms with E-state index in [1.807, 2.05) is 51.1 Å². The summed E-state index contributed by atoms with van der Waals surface area (Å²) in [7, 11) is 0. The standard InChI is InChI=1S/C28H35F3N4O2/c1-17(23(32)14-29)35(27(37)18(2)36)25(28(3,4)5)26-33-24(21-13-20(30)11-12-22(21)31)16-34(26)15-19-9-7-6-8-10-19/h6-13,16-18,23,25,36H,14-15,32H2,1-5H3/t17?,18?,23-,25+/m1/s1. The van der Waals surface area contributed by atoms with Crippen LogP contribution in [0.15, 0.2) is 54.7 Å². The van der Waals surface area contributed by atoms with Crippen molar-refractivity contribution in [2.75, 3.05) is 6.67 Å². The summed E-state index contributed by atoms with van der Waals surface area (Å²) in [6.45, 7) is 8.08. The van der Waals surface area contributed by atoms with Crippen LogP contribution in [0.5, 0.6) is 0 Å². The van der Waals surface area contributed by atoms with Crippen LogP contribution in [0.25, 0.3) is 11.3 Å². The summed E-state index contributed by atoms with van der Waals surface area (Å²) in [6.07, 6.45) is 0.237. The number of amides is 1. The second-order valence-corrected chi connectivity index (χ2v) is 10.5. The molecule has 9 heteroatoms. The van der Waals surface area contributed by atoms with Crippen LogP contribution >= 0.6 is 0 Å². The highest BCUT2D eigenvalue weighted by Gasteiger charge is 2.43. The fourth-order valence-electron chi connectivity index (χ4n) is 4.42. The maximum atomic E-state index is 14.8. The molecule has 2 unspecified atom stereocenters. The summed E-state index contributed by atoms with van der Waals surface area (Å²) in [5.41, 5.74) is 6.44. The summed E-state index contributed by atoms with van der Waals surface area (Å²) in [5, 5.41) is 10.3. The van der Waals surface area contributed by atoms with Crippen LogP contribution in [0.3, 0.4) is 0 Å². The number of aliphatic hydroxyl groups is 1. The van der Waals surface area contributed by atoms with E-state index in [2.05, 4.69) is 0 Å². The molecule has 6 nitrogen and oxygen atoms in total. The van der Waals surface area contributed by atoms with E-state index in [4.69, 9.17) is 10.7 Å². The zero-order chi connectivity index (χ0) is 27.5. The maximum absolute atomic E-state index is 14.8. The molecule has 0 spiro atoms. The first-order valence-corrected chi connectivity index (χ1v) is 12.2. The molecule has 0 saturated carbocycles. The van der Waals surface area contributed by atoms with Gasteiger partial charge in [-0.15, -0.1) is 0 Å². The molecule has 3 N–H and O–H groups in total. The quantitative estimate of drug-likeness (QED) is 0.426. The molecule has 0 bridgehead atoms. The van der Waals surface area contributed by atoms with Crippen molar-refractivity contribution in [2.45, 2.75) is 65.4 Å². The smallest absolute Gasteiger partial charge is 0.252 e. The molecule has 0 aliphatic carbocycles. The number of nitrogens with zero attached hydrogens (tertiary/aromatic N) is 3. The van der Waals surface area contributed by atoms with Crippen LogP contribution in [0.1, 0.15) is 52.0 Å². The second kappa shape index (κ2) is 11.5. The van der Waals surface area contributed by atoms with Gasteiger partial charge in [-0.2, -0.15) is 0 Å². The molecule has 1 heterocycles. The Bertz CT molecular complexity index is 1210. The normalized spacial score (nSPS) is 15.2. The van der Waals surface area contributed by atoms with Gasteiger partial charge < -0.3 is 20.3 Å². The van der Waals surface area contributed by atoms with E-state index < -0.39 is 53.9 Å². The van der Waals surface area contributed by atoms with E-state index in [-0.39, 0.29) is 11.3 Å². The van der Waals surface area contributed by atoms with Gasteiger partial charge in [-0.25, -0.2) is 18.2 Å². The number of halogens is 3. The molecule has 4 atom stereocenters. The Morgan fingerprint density at radius 1 is 1.14 bits per heavy atom. The Balaban J connectivity index is 2.28. The van der Waals surface area contributed by atoms with E-state index in [0.717, 1.165) is 23.8 Å². The molecule has 3 aromatic rings. The van der Waals surface area contributed by atoms with E-state index in [1.54, 1.807) is 17.7 Å². The van der Waals surface area contributed by atoms with Crippen molar-refractivity contribution >= 4 is 5.91 Å². The van der Waals surface area contributed by atoms with Gasteiger partial charge >= 0.3 is 0 Å². The number of carbonyl (C=O) groups excluding carboxylic acids is 1. The highest BCUT2D eigenvalue weighted by atomic mass is 19.1. The molecule has 3 rings (SSSR count). The molecule has 200 valence electrons. The van der Waals surface area contributed by atoms with Crippen molar-refractivity contribution in [1.29, 1.82) is 0 Å². The average molecular weight is 517 g/mol. The third-order valence-electron chi connectivity index (χ3n) is 6.40. The number of benzene rings is 2. The molecular weight excluding hydrogens is 481 g/mol. The summed E-state index contributed by atoms with van der Waals surface area (Å²) >= 11 is 0. The first kappa shape index (κ1) is 28.4. The van der Waals surface area contributed by atoms with Gasteiger partial charge in [-0.1, -0.05) is 51.1 Å². The van der Waals surface area contributed by atoms with Crippen LogP contribution in [-0.2, 0) is 11.3 Å². The van der Waals surface area contributed by atoms with E-state index >= 15 is 0 Å². The Labute approximate surface area is 215 Å². The first-order valence-electron chi connectivity index (χ1n) is 12.2. The summed E-state index contributed by atoms with van der Waals surface area (Å²) in [4.78, 5) is 19.5. The third kappa shape index (κ3) is 6.40. The maximum Gasteiger partial charge on any atom is 0.252 e. The largest absolute Gasteiger partial charge is 0.384 e. The van der Waals surface area contributed by atoms with E-state index in [1.165, 1.54) is 11.8 Å². The van der Waals surface area contributed by atoms with Crippen LogP contribution in [-0.4, -0.2) is 50.3 Å². The molecule has 2 aromatic carbocycles. The first-order chi connectivity index (χ1) is 17.3. The van der Waals surface area contributed by atoms with Gasteiger partial charge in [0.15, 0.2) is 0 Å². The van der Waals surface area contributed by atoms with Crippen molar-refractivity contribution in [3.8, 4) is 11.3 Å². The lowest BCUT2D eigenvalue weighted by Crippen LogP contribution is -2.56. The Kier molecular flexibility index (Phi) is 8.81. The topological polar surface area (TPSA) is 84.4 Å². The van der Waals surface area contributed by atoms with Gasteiger partial charge in [0, 0.05) is 24.3 Å². The third-order valence-corrected chi connectivity index (χ3v) is 6.40. The number of nitrogens with two attached hydrogens (primary N) is 1. The van der Waals surface area contributed by atoms with Crippen LogP contribution in [0.2, 0.25) is 0 Å². The lowest BCUT2D eigenvalue weighted by atomic mass is 9.83. The number of alkyl halides is 1. The SMILES string of the molecule is CC(O)C(=O)N(C(C)[C@H](N)CF)[C@@H](c1nc(-c2cc(F)ccc2F)cn1Cc1ccccc1)C(C)(C)C. The molecular formula is C28H35F3N4O2. The number of rotatable bonds is 9. The molecule has 0 fully saturated rings. The minimum atomic E-state index is -1.38. The van der Waals surface area contributed by atoms with Gasteiger partial charge in [0.1, 0.15) is 30.2 Å². The molecule has 0 aliphatic rings. The van der Waals surface area contributed by atoms with E-state index in [9.17, 15) is 23.1 Å². The fourth-order valence-corrected chi connectivity index (χ4v) is 4.42. The molecule has 1 amide bonds. The van der Waals surface area contributed by atoms with Crippen molar-refractivity contribution in [2.24, 2.45) is 11.1 Å². The lowest BCUT2D eigenvalue weighted by molar-refractivity contribution is -0.148. The average Bonchev–Trinajstić information content (AvgIpc) is 3.24. The zero-order valence-electron chi connectivity index (χ0n) is 21.8. The van der Waals surface area contributed by atoms with Gasteiger partial charge in [0.2, 0.25) is 0 Å². The second-order valence-electron chi connectivity index (χ2n) is 10.5. The highest BCUT2D eigenvalue weighted by Crippen LogP contribution is 2.41. The van der Waals surface area contributed by atoms with Crippen LogP contribution in [0.4, 0.5) is 13.2 Å². The predicted molar refractivity (Wildman–Crippen MR) is 137 cm³/mol. The summed E-state index contributed by atoms with van der Waals surface area (Å²) < 4.78 is 44.3. The minimum absolute atomic E-state index is 0.0253. The minimum Gasteiger partial charge on any atom is -0.384 e. The van der Waals surface area contributed by atoms with Crippen molar-refractivity contribution in [3.05, 3.63) is 77.8 Å². The Hall–Kier alpha value is -3.17. The number of aliphatic hydroxyl groups excluding tert-OH is 1. The predicted octanol–water partition coefficient (Wildman–Crippen LogP) is 4.86. The number of hydrogen-bond acceptors (Lipinski definition) is 4. The number of aromatic nitrogens is 2. The summed E-state index contributed by atoms with van der Waals surface area (Å²) in [5.74, 6) is -1.52. The monoisotopic (exact) mass is 516 g/mol. The summed E-state index contributed by atoms with van der Waals surface area (Å²) in [6, 6.07) is 10.0. The van der Waals surface area contributed by atoms with Crippen LogP contribution < -0.4 is 5.73 Å². The molecule has 0 aliphatic heterocycles. The number of carbonyl (C=O) groups is 1. The highest BCUT2D eigenvalue weighted by molar-refractivity contribution is 5.81. The van der Waals surface area contributed by atoms with Crippen molar-refractivity contribution in [3.63, 3.8) is 0 Å². The Morgan fingerprint density at radius 3 is 2.35 bits per heavy atom. The molecule has 37 heavy (non-hydrogen) atoms. The molecule has 1 aromatic heterocycles. The lowest BCUT2D eigenvalue weighted by Gasteiger charge is -2.44. The van der Waals surface area contributed by atoms with Crippen LogP contribution in [0, 0.1) is 17.0 Å². The Morgan fingerprint density at radius 2 is 1.78 bits per heavy atom. The molecule has 0 saturated heterocycles.